The number of aryl methyl sites for hydroxylation is 1. The number of methoxy groups -OCH3 is 1. The van der Waals surface area contributed by atoms with Gasteiger partial charge in [0.15, 0.2) is 0 Å². The van der Waals surface area contributed by atoms with Crippen molar-refractivity contribution in [2.75, 3.05) is 17.7 Å². The summed E-state index contributed by atoms with van der Waals surface area (Å²) in [5.74, 6) is 0.250. The molecule has 2 rings (SSSR count). The lowest BCUT2D eigenvalue weighted by Gasteiger charge is -2.31. The van der Waals surface area contributed by atoms with Crippen LogP contribution in [0.15, 0.2) is 42.5 Å². The van der Waals surface area contributed by atoms with Gasteiger partial charge in [-0.2, -0.15) is 0 Å². The molecule has 0 heterocycles. The molecule has 0 saturated carbocycles. The molecule has 0 aromatic heterocycles. The van der Waals surface area contributed by atoms with Crippen LogP contribution in [-0.2, 0) is 14.8 Å². The van der Waals surface area contributed by atoms with E-state index in [1.165, 1.54) is 18.2 Å². The highest BCUT2D eigenvalue weighted by Crippen LogP contribution is 2.28. The SMILES string of the molecule is CC[C@H](NC(=O)[C@H](CC)N(c1cccc([N+](=O)[O-])c1)S(C)(=O)=O)c1ccc(OC)c(C)c1. The number of nitrogens with one attached hydrogen (secondary N) is 1. The van der Waals surface area contributed by atoms with E-state index >= 15 is 0 Å². The molecule has 0 bridgehead atoms. The zero-order valence-corrected chi connectivity index (χ0v) is 19.7. The molecule has 1 amide bonds. The fourth-order valence-electron chi connectivity index (χ4n) is 3.61. The molecule has 10 heteroatoms. The summed E-state index contributed by atoms with van der Waals surface area (Å²) in [7, 11) is -2.32. The number of ether oxygens (including phenoxy) is 1. The minimum atomic E-state index is -3.91. The summed E-state index contributed by atoms with van der Waals surface area (Å²) in [5, 5.41) is 14.1. The fourth-order valence-corrected chi connectivity index (χ4v) is 4.81. The molecule has 2 aromatic rings. The van der Waals surface area contributed by atoms with E-state index in [1.807, 2.05) is 32.0 Å². The number of anilines is 1. The quantitative estimate of drug-likeness (QED) is 0.424. The number of sulfonamides is 1. The Morgan fingerprint density at radius 2 is 1.88 bits per heavy atom. The summed E-state index contributed by atoms with van der Waals surface area (Å²) in [4.78, 5) is 23.8. The highest BCUT2D eigenvalue weighted by Gasteiger charge is 2.33. The van der Waals surface area contributed by atoms with Gasteiger partial charge in [-0.3, -0.25) is 19.2 Å². The minimum absolute atomic E-state index is 0.0667. The third-order valence-corrected chi connectivity index (χ3v) is 6.35. The third-order valence-electron chi connectivity index (χ3n) is 5.17. The number of carbonyl (C=O) groups is 1. The van der Waals surface area contributed by atoms with E-state index in [0.717, 1.165) is 33.5 Å². The van der Waals surface area contributed by atoms with Crippen molar-refractivity contribution in [3.05, 3.63) is 63.7 Å². The zero-order valence-electron chi connectivity index (χ0n) is 18.9. The zero-order chi connectivity index (χ0) is 24.1. The van der Waals surface area contributed by atoms with Crippen LogP contribution in [0.1, 0.15) is 43.9 Å². The number of hydrogen-bond donors (Lipinski definition) is 1. The largest absolute Gasteiger partial charge is 0.496 e. The van der Waals surface area contributed by atoms with Gasteiger partial charge in [0.1, 0.15) is 11.8 Å². The van der Waals surface area contributed by atoms with Gasteiger partial charge in [-0.25, -0.2) is 8.42 Å². The molecule has 0 aliphatic rings. The second-order valence-electron chi connectivity index (χ2n) is 7.46. The Kier molecular flexibility index (Phi) is 8.20. The second kappa shape index (κ2) is 10.4. The summed E-state index contributed by atoms with van der Waals surface area (Å²) < 4.78 is 31.5. The molecular weight excluding hydrogens is 434 g/mol. The Balaban J connectivity index is 2.40. The Bertz CT molecular complexity index is 1090. The smallest absolute Gasteiger partial charge is 0.271 e. The van der Waals surface area contributed by atoms with Crippen LogP contribution in [0.2, 0.25) is 0 Å². The first-order valence-electron chi connectivity index (χ1n) is 10.2. The molecule has 2 aromatic carbocycles. The molecule has 0 radical (unpaired) electrons. The van der Waals surface area contributed by atoms with E-state index in [4.69, 9.17) is 4.74 Å². The van der Waals surface area contributed by atoms with Gasteiger partial charge >= 0.3 is 0 Å². The molecule has 2 atom stereocenters. The molecule has 32 heavy (non-hydrogen) atoms. The van der Waals surface area contributed by atoms with Crippen LogP contribution in [0, 0.1) is 17.0 Å². The molecule has 174 valence electrons. The molecular formula is C22H29N3O6S. The highest BCUT2D eigenvalue weighted by molar-refractivity contribution is 7.92. The van der Waals surface area contributed by atoms with Crippen LogP contribution in [0.25, 0.3) is 0 Å². The fraction of sp³-hybridized carbons (Fsp3) is 0.409. The number of rotatable bonds is 10. The van der Waals surface area contributed by atoms with E-state index in [-0.39, 0.29) is 23.8 Å². The Morgan fingerprint density at radius 1 is 1.19 bits per heavy atom. The number of nitrogens with zero attached hydrogens (tertiary/aromatic N) is 2. The first kappa shape index (κ1) is 25.1. The monoisotopic (exact) mass is 463 g/mol. The minimum Gasteiger partial charge on any atom is -0.496 e. The van der Waals surface area contributed by atoms with Crippen LogP contribution < -0.4 is 14.4 Å². The number of benzene rings is 2. The summed E-state index contributed by atoms with van der Waals surface area (Å²) >= 11 is 0. The van der Waals surface area contributed by atoms with Crippen molar-refractivity contribution < 1.29 is 22.9 Å². The van der Waals surface area contributed by atoms with Gasteiger partial charge in [-0.15, -0.1) is 0 Å². The van der Waals surface area contributed by atoms with Gasteiger partial charge in [-0.05, 0) is 43.0 Å². The number of nitro benzene ring substituents is 1. The van der Waals surface area contributed by atoms with Gasteiger partial charge in [0.2, 0.25) is 15.9 Å². The van der Waals surface area contributed by atoms with E-state index < -0.39 is 26.9 Å². The highest BCUT2D eigenvalue weighted by atomic mass is 32.2. The molecule has 0 saturated heterocycles. The van der Waals surface area contributed by atoms with Crippen molar-refractivity contribution in [2.24, 2.45) is 0 Å². The first-order chi connectivity index (χ1) is 15.0. The van der Waals surface area contributed by atoms with Crippen molar-refractivity contribution in [1.82, 2.24) is 5.32 Å². The average Bonchev–Trinajstić information content (AvgIpc) is 2.74. The normalized spacial score (nSPS) is 13.2. The van der Waals surface area contributed by atoms with Crippen LogP contribution >= 0.6 is 0 Å². The van der Waals surface area contributed by atoms with Gasteiger partial charge in [0.25, 0.3) is 5.69 Å². The summed E-state index contributed by atoms with van der Waals surface area (Å²) in [6.45, 7) is 5.51. The average molecular weight is 464 g/mol. The molecule has 0 unspecified atom stereocenters. The van der Waals surface area contributed by atoms with Crippen LogP contribution in [0.5, 0.6) is 5.75 Å². The lowest BCUT2D eigenvalue weighted by atomic mass is 10.0. The number of hydrogen-bond acceptors (Lipinski definition) is 6. The van der Waals surface area contributed by atoms with Crippen molar-refractivity contribution >= 4 is 27.3 Å². The maximum absolute atomic E-state index is 13.2. The van der Waals surface area contributed by atoms with Crippen molar-refractivity contribution in [2.45, 2.75) is 45.7 Å². The summed E-state index contributed by atoms with van der Waals surface area (Å²) in [5.41, 5.74) is 1.60. The third kappa shape index (κ3) is 5.76. The maximum Gasteiger partial charge on any atom is 0.271 e. The lowest BCUT2D eigenvalue weighted by molar-refractivity contribution is -0.384. The standard InChI is InChI=1S/C22H29N3O6S/c1-6-19(16-11-12-21(31-4)15(3)13-16)23-22(26)20(7-2)24(32(5,29)30)17-9-8-10-18(14-17)25(27)28/h8-14,19-20H,6-7H2,1-5H3,(H,23,26)/t19-,20-/m0/s1. The molecule has 9 nitrogen and oxygen atoms in total. The Labute approximate surface area is 188 Å². The van der Waals surface area contributed by atoms with E-state index in [0.29, 0.717) is 6.42 Å². The predicted octanol–water partition coefficient (Wildman–Crippen LogP) is 3.72. The number of amides is 1. The number of carbonyl (C=O) groups excluding carboxylic acids is 1. The first-order valence-corrected chi connectivity index (χ1v) is 12.1. The van der Waals surface area contributed by atoms with E-state index in [9.17, 15) is 23.3 Å². The summed E-state index contributed by atoms with van der Waals surface area (Å²) in [6, 6.07) is 9.44. The van der Waals surface area contributed by atoms with Crippen molar-refractivity contribution in [3.63, 3.8) is 0 Å². The molecule has 0 spiro atoms. The molecule has 1 N–H and O–H groups in total. The van der Waals surface area contributed by atoms with Crippen LogP contribution in [0.4, 0.5) is 11.4 Å². The molecule has 0 aliphatic carbocycles. The van der Waals surface area contributed by atoms with Gasteiger partial charge in [-0.1, -0.05) is 32.0 Å². The van der Waals surface area contributed by atoms with Crippen molar-refractivity contribution in [1.29, 1.82) is 0 Å². The molecule has 0 fully saturated rings. The predicted molar refractivity (Wildman–Crippen MR) is 123 cm³/mol. The Hall–Kier alpha value is -3.14. The van der Waals surface area contributed by atoms with Crippen molar-refractivity contribution in [3.8, 4) is 5.75 Å². The van der Waals surface area contributed by atoms with Gasteiger partial charge < -0.3 is 10.1 Å². The van der Waals surface area contributed by atoms with Crippen LogP contribution in [0.3, 0.4) is 0 Å². The number of nitro groups is 1. The second-order valence-corrected chi connectivity index (χ2v) is 9.32. The van der Waals surface area contributed by atoms with E-state index in [2.05, 4.69) is 5.32 Å². The maximum atomic E-state index is 13.2. The number of non-ortho nitro benzene ring substituents is 1. The van der Waals surface area contributed by atoms with E-state index in [1.54, 1.807) is 14.0 Å². The van der Waals surface area contributed by atoms with Gasteiger partial charge in [0, 0.05) is 12.1 Å². The van der Waals surface area contributed by atoms with Crippen LogP contribution in [-0.4, -0.2) is 38.7 Å². The molecule has 0 aliphatic heterocycles. The Morgan fingerprint density at radius 3 is 2.38 bits per heavy atom. The topological polar surface area (TPSA) is 119 Å². The summed E-state index contributed by atoms with van der Waals surface area (Å²) in [6.07, 6.45) is 1.75. The lowest BCUT2D eigenvalue weighted by Crippen LogP contribution is -2.50. The van der Waals surface area contributed by atoms with Gasteiger partial charge in [0.05, 0.1) is 30.0 Å².